The monoisotopic (exact) mass is 976 g/mol. The molecule has 10 heteroatoms. The van der Waals surface area contributed by atoms with Crippen molar-refractivity contribution in [2.75, 3.05) is 0 Å². The number of aryl methyl sites for hydroxylation is 2. The summed E-state index contributed by atoms with van der Waals surface area (Å²) in [5.41, 5.74) is 18.9. The maximum atomic E-state index is 5.33. The minimum Gasteiger partial charge on any atom is -0.327 e. The highest BCUT2D eigenvalue weighted by Gasteiger charge is 2.42. The summed E-state index contributed by atoms with van der Waals surface area (Å²) in [5.74, 6) is 5.23. The Hall–Kier alpha value is -10.1. The van der Waals surface area contributed by atoms with E-state index >= 15 is 0 Å². The van der Waals surface area contributed by atoms with Gasteiger partial charge in [0.15, 0.2) is 34.9 Å². The Morgan fingerprint density at radius 3 is 1.01 bits per heavy atom. The van der Waals surface area contributed by atoms with Crippen LogP contribution in [0.15, 0.2) is 218 Å². The molecule has 2 unspecified atom stereocenters. The summed E-state index contributed by atoms with van der Waals surface area (Å²) < 4.78 is 4.28. The molecule has 9 aromatic carbocycles. The van der Waals surface area contributed by atoms with E-state index in [0.29, 0.717) is 34.9 Å². The van der Waals surface area contributed by atoms with Crippen molar-refractivity contribution in [2.24, 2.45) is 14.1 Å². The van der Waals surface area contributed by atoms with E-state index in [-0.39, 0.29) is 11.8 Å². The topological polar surface area (TPSA) is 113 Å². The molecule has 3 aliphatic rings. The molecule has 0 spiro atoms. The van der Waals surface area contributed by atoms with Crippen LogP contribution in [-0.4, -0.2) is 49.0 Å². The van der Waals surface area contributed by atoms with Gasteiger partial charge in [-0.2, -0.15) is 0 Å². The van der Waals surface area contributed by atoms with Crippen LogP contribution < -0.4 is 0 Å². The molecule has 0 aliphatic heterocycles. The summed E-state index contributed by atoms with van der Waals surface area (Å²) in [6.45, 7) is 0. The molecule has 4 heterocycles. The highest BCUT2D eigenvalue weighted by atomic mass is 15.1. The van der Waals surface area contributed by atoms with Crippen molar-refractivity contribution in [3.63, 3.8) is 0 Å². The largest absolute Gasteiger partial charge is 0.327 e. The molecular formula is C66H44N10. The normalized spacial score (nSPS) is 14.2. The fraction of sp³-hybridized carbons (Fsp3) is 0.0606. The van der Waals surface area contributed by atoms with E-state index in [2.05, 4.69) is 145 Å². The predicted octanol–water partition coefficient (Wildman–Crippen LogP) is 14.2. The molecule has 2 bridgehead atoms. The van der Waals surface area contributed by atoms with Crippen molar-refractivity contribution >= 4 is 22.1 Å². The minimum atomic E-state index is -0.0256. The van der Waals surface area contributed by atoms with Crippen LogP contribution in [0.2, 0.25) is 0 Å². The molecule has 16 rings (SSSR count). The average molecular weight is 977 g/mol. The van der Waals surface area contributed by atoms with Gasteiger partial charge in [-0.3, -0.25) is 0 Å². The zero-order valence-corrected chi connectivity index (χ0v) is 41.4. The van der Waals surface area contributed by atoms with Crippen molar-refractivity contribution in [2.45, 2.75) is 11.8 Å². The third-order valence-corrected chi connectivity index (χ3v) is 15.3. The van der Waals surface area contributed by atoms with E-state index in [1.807, 2.05) is 97.1 Å². The molecule has 0 fully saturated rings. The number of fused-ring (bicyclic) bond motifs is 2. The first-order valence-electron chi connectivity index (χ1n) is 25.5. The van der Waals surface area contributed by atoms with E-state index in [1.54, 1.807) is 0 Å². The van der Waals surface area contributed by atoms with E-state index in [0.717, 1.165) is 78.2 Å². The standard InChI is InChI=1S/C66H44N10/c1-75-55-31-17-15-29-53(55)67-65(75)49-27-13-11-25-47(49)63-71-59(39-19-5-3-6-20-39)69-61(73-63)41-33-35-45-51(37-41)57-43-23-9-10-24-44(43)58(45)52-38-42(34-36-46(52)57)62-70-60(40-21-7-4-8-22-40)72-64(74-62)48-26-12-14-28-50(48)66-68-54-30-16-18-32-56(54)76(66)2/h3-38,57-58H,1-2H3. The first-order valence-corrected chi connectivity index (χ1v) is 25.5. The predicted molar refractivity (Wildman–Crippen MR) is 300 cm³/mol. The van der Waals surface area contributed by atoms with Crippen LogP contribution in [0.1, 0.15) is 45.2 Å². The van der Waals surface area contributed by atoms with Gasteiger partial charge in [0.2, 0.25) is 0 Å². The Kier molecular flexibility index (Phi) is 9.90. The number of hydrogen-bond donors (Lipinski definition) is 0. The second kappa shape index (κ2) is 17.3. The molecule has 0 saturated carbocycles. The Morgan fingerprint density at radius 2 is 0.592 bits per heavy atom. The van der Waals surface area contributed by atoms with E-state index < -0.39 is 0 Å². The van der Waals surface area contributed by atoms with E-state index in [9.17, 15) is 0 Å². The SMILES string of the molecule is Cn1c(-c2ccccc2-c2nc(-c3ccccc3)nc(-c3ccc4c(c3)C3c5ccccc5C4c4cc(-c5nc(-c6ccccc6)nc(-c6ccccc6-c6nc7ccccc7n6C)n5)ccc43)n2)nc2ccccc21. The first kappa shape index (κ1) is 43.5. The Bertz CT molecular complexity index is 4180. The van der Waals surface area contributed by atoms with Gasteiger partial charge in [0.05, 0.1) is 22.1 Å². The maximum Gasteiger partial charge on any atom is 0.164 e. The molecule has 358 valence electrons. The molecule has 4 aromatic heterocycles. The van der Waals surface area contributed by atoms with Crippen LogP contribution in [0, 0.1) is 0 Å². The summed E-state index contributed by atoms with van der Waals surface area (Å²) in [6, 6.07) is 75.8. The number of hydrogen-bond acceptors (Lipinski definition) is 8. The van der Waals surface area contributed by atoms with Crippen LogP contribution in [0.25, 0.3) is 113 Å². The molecule has 0 saturated heterocycles. The van der Waals surface area contributed by atoms with Crippen LogP contribution in [-0.2, 0) is 14.1 Å². The zero-order chi connectivity index (χ0) is 50.4. The number of benzene rings is 9. The van der Waals surface area contributed by atoms with Gasteiger partial charge >= 0.3 is 0 Å². The van der Waals surface area contributed by atoms with Gasteiger partial charge in [-0.05, 0) is 69.8 Å². The van der Waals surface area contributed by atoms with Crippen LogP contribution in [0.4, 0.5) is 0 Å². The fourth-order valence-electron chi connectivity index (χ4n) is 11.7. The third kappa shape index (κ3) is 6.95. The number of para-hydroxylation sites is 4. The summed E-state index contributed by atoms with van der Waals surface area (Å²) >= 11 is 0. The molecule has 2 atom stereocenters. The van der Waals surface area contributed by atoms with Gasteiger partial charge in [0.1, 0.15) is 11.6 Å². The van der Waals surface area contributed by atoms with Gasteiger partial charge in [-0.25, -0.2) is 39.9 Å². The molecular weight excluding hydrogens is 933 g/mol. The average Bonchev–Trinajstić information content (AvgIpc) is 4.16. The lowest BCUT2D eigenvalue weighted by atomic mass is 9.61. The number of rotatable bonds is 8. The van der Waals surface area contributed by atoms with Gasteiger partial charge in [-0.1, -0.05) is 182 Å². The molecule has 0 radical (unpaired) electrons. The first-order chi connectivity index (χ1) is 37.5. The maximum absolute atomic E-state index is 5.33. The van der Waals surface area contributed by atoms with Crippen molar-refractivity contribution in [3.8, 4) is 91.1 Å². The summed E-state index contributed by atoms with van der Waals surface area (Å²) in [7, 11) is 4.12. The highest BCUT2D eigenvalue weighted by molar-refractivity contribution is 5.88. The number of aromatic nitrogens is 10. The summed E-state index contributed by atoms with van der Waals surface area (Å²) in [4.78, 5) is 41.7. The quantitative estimate of drug-likeness (QED) is 0.148. The molecule has 10 nitrogen and oxygen atoms in total. The smallest absolute Gasteiger partial charge is 0.164 e. The van der Waals surface area contributed by atoms with Crippen molar-refractivity contribution in [1.29, 1.82) is 0 Å². The lowest BCUT2D eigenvalue weighted by Gasteiger charge is -2.42. The zero-order valence-electron chi connectivity index (χ0n) is 41.4. The molecule has 3 aliphatic carbocycles. The van der Waals surface area contributed by atoms with E-state index in [1.165, 1.54) is 33.4 Å². The molecule has 0 N–H and O–H groups in total. The van der Waals surface area contributed by atoms with Crippen LogP contribution >= 0.6 is 0 Å². The fourth-order valence-corrected chi connectivity index (χ4v) is 11.7. The van der Waals surface area contributed by atoms with Gasteiger partial charge in [0, 0.05) is 70.4 Å². The second-order valence-corrected chi connectivity index (χ2v) is 19.6. The Balaban J connectivity index is 0.858. The minimum absolute atomic E-state index is 0.0256. The van der Waals surface area contributed by atoms with Gasteiger partial charge < -0.3 is 9.13 Å². The lowest BCUT2D eigenvalue weighted by molar-refractivity contribution is 0.754. The highest BCUT2D eigenvalue weighted by Crippen LogP contribution is 2.56. The van der Waals surface area contributed by atoms with Gasteiger partial charge in [0.25, 0.3) is 0 Å². The summed E-state index contributed by atoms with van der Waals surface area (Å²) in [6.07, 6.45) is 0. The van der Waals surface area contributed by atoms with Crippen LogP contribution in [0.5, 0.6) is 0 Å². The Labute approximate surface area is 437 Å². The van der Waals surface area contributed by atoms with E-state index in [4.69, 9.17) is 39.9 Å². The molecule has 13 aromatic rings. The Morgan fingerprint density at radius 1 is 0.263 bits per heavy atom. The molecule has 76 heavy (non-hydrogen) atoms. The van der Waals surface area contributed by atoms with Gasteiger partial charge in [-0.15, -0.1) is 0 Å². The molecule has 0 amide bonds. The van der Waals surface area contributed by atoms with Crippen molar-refractivity contribution < 1.29 is 0 Å². The number of imidazole rings is 2. The third-order valence-electron chi connectivity index (χ3n) is 15.3. The lowest BCUT2D eigenvalue weighted by Crippen LogP contribution is -2.27. The van der Waals surface area contributed by atoms with Crippen molar-refractivity contribution in [1.82, 2.24) is 49.0 Å². The second-order valence-electron chi connectivity index (χ2n) is 19.6. The summed E-state index contributed by atoms with van der Waals surface area (Å²) in [5, 5.41) is 0. The number of nitrogens with zero attached hydrogens (tertiary/aromatic N) is 10. The van der Waals surface area contributed by atoms with Crippen molar-refractivity contribution in [3.05, 3.63) is 252 Å². The van der Waals surface area contributed by atoms with Crippen LogP contribution in [0.3, 0.4) is 0 Å².